The number of halogens is 2. The molecule has 0 unspecified atom stereocenters. The number of aromatic nitrogens is 3. The number of allylic oxidation sites excluding steroid dienone is 2. The van der Waals surface area contributed by atoms with Crippen molar-refractivity contribution in [1.29, 1.82) is 0 Å². The van der Waals surface area contributed by atoms with E-state index in [1.54, 1.807) is 6.92 Å². The fourth-order valence-electron chi connectivity index (χ4n) is 2.54. The van der Waals surface area contributed by atoms with Crippen molar-refractivity contribution in [2.45, 2.75) is 40.2 Å². The molecule has 7 nitrogen and oxygen atoms in total. The monoisotopic (exact) mass is 391 g/mol. The molecule has 0 amide bonds. The molecule has 0 aliphatic carbocycles. The Hall–Kier alpha value is -3.10. The molecular weight excluding hydrogens is 368 g/mol. The number of carboxylic acid groups (broad SMARTS) is 1. The number of aromatic amines is 1. The first-order chi connectivity index (χ1) is 13.0. The van der Waals surface area contributed by atoms with E-state index in [4.69, 9.17) is 0 Å². The lowest BCUT2D eigenvalue weighted by Gasteiger charge is -2.31. The molecule has 0 aliphatic heterocycles. The zero-order chi connectivity index (χ0) is 21.1. The molecule has 0 radical (unpaired) electrons. The topological polar surface area (TPSA) is 103 Å². The van der Waals surface area contributed by atoms with Crippen LogP contribution in [-0.2, 0) is 4.79 Å². The quantitative estimate of drug-likeness (QED) is 0.493. The molecule has 2 aromatic rings. The summed E-state index contributed by atoms with van der Waals surface area (Å²) in [6.07, 6.45) is 1.80. The number of fused-ring (bicyclic) bond motifs is 1. The van der Waals surface area contributed by atoms with Gasteiger partial charge in [-0.05, 0) is 24.5 Å². The van der Waals surface area contributed by atoms with Crippen molar-refractivity contribution in [2.24, 2.45) is 10.4 Å². The van der Waals surface area contributed by atoms with E-state index in [1.807, 2.05) is 20.8 Å². The van der Waals surface area contributed by atoms with Gasteiger partial charge in [-0.1, -0.05) is 27.4 Å². The van der Waals surface area contributed by atoms with Crippen LogP contribution in [0, 0.1) is 11.2 Å². The van der Waals surface area contributed by atoms with Gasteiger partial charge in [0.05, 0.1) is 29.4 Å². The Morgan fingerprint density at radius 3 is 2.75 bits per heavy atom. The lowest BCUT2D eigenvalue weighted by Crippen LogP contribution is -2.41. The summed E-state index contributed by atoms with van der Waals surface area (Å²) in [7, 11) is 0. The number of nitrogens with zero attached hydrogens (tertiary/aromatic N) is 3. The van der Waals surface area contributed by atoms with E-state index in [1.165, 1.54) is 6.07 Å². The first-order valence-corrected chi connectivity index (χ1v) is 8.58. The number of hydrogen-bond acceptors (Lipinski definition) is 5. The van der Waals surface area contributed by atoms with Crippen LogP contribution in [0.4, 0.5) is 8.78 Å². The first kappa shape index (κ1) is 21.2. The van der Waals surface area contributed by atoms with Crippen molar-refractivity contribution < 1.29 is 18.7 Å². The molecule has 2 aromatic heterocycles. The second-order valence-electron chi connectivity index (χ2n) is 7.38. The van der Waals surface area contributed by atoms with Gasteiger partial charge in [0, 0.05) is 6.04 Å². The summed E-state index contributed by atoms with van der Waals surface area (Å²) in [6, 6.07) is 0.656. The van der Waals surface area contributed by atoms with Crippen LogP contribution in [0.3, 0.4) is 0 Å². The number of carbonyl (C=O) groups is 1. The molecule has 0 saturated heterocycles. The van der Waals surface area contributed by atoms with Crippen LogP contribution < -0.4 is 5.32 Å². The van der Waals surface area contributed by atoms with Crippen LogP contribution >= 0.6 is 0 Å². The van der Waals surface area contributed by atoms with Gasteiger partial charge in [-0.15, -0.1) is 0 Å². The SMILES string of the molecule is C=C/C(F)=C(\N=C(C)c1[nH]nc2ncc(F)cc12)N[C@H](CC(=O)O)C(C)(C)C. The van der Waals surface area contributed by atoms with Gasteiger partial charge in [0.25, 0.3) is 0 Å². The number of aliphatic carboxylic acids is 1. The number of aliphatic imine (C=N–C) groups is 1. The highest BCUT2D eigenvalue weighted by molar-refractivity contribution is 6.07. The summed E-state index contributed by atoms with van der Waals surface area (Å²) in [5.41, 5.74) is 0.510. The predicted molar refractivity (Wildman–Crippen MR) is 103 cm³/mol. The number of carboxylic acids is 1. The lowest BCUT2D eigenvalue weighted by molar-refractivity contribution is -0.138. The Labute approximate surface area is 161 Å². The molecule has 2 rings (SSSR count). The minimum atomic E-state index is -1.02. The maximum atomic E-state index is 14.4. The highest BCUT2D eigenvalue weighted by Gasteiger charge is 2.28. The summed E-state index contributed by atoms with van der Waals surface area (Å²) in [5, 5.41) is 19.1. The normalized spacial score (nSPS) is 14.6. The molecule has 0 fully saturated rings. The fraction of sp³-hybridized carbons (Fsp3) is 0.368. The Morgan fingerprint density at radius 1 is 1.50 bits per heavy atom. The predicted octanol–water partition coefficient (Wildman–Crippen LogP) is 3.71. The standard InChI is InChI=1S/C19H23F2N5O2/c1-6-13(21)18(24-14(8-15(27)28)19(3,4)5)23-10(2)16-12-7-11(20)9-22-17(12)26-25-16/h6-7,9,14,24H,1,8H2,2-5H3,(H,27,28)(H,22,25,26)/b18-13-,23-10?/t14-/m1/s1. The van der Waals surface area contributed by atoms with Gasteiger partial charge < -0.3 is 10.4 Å². The average Bonchev–Trinajstić information content (AvgIpc) is 3.01. The minimum Gasteiger partial charge on any atom is -0.481 e. The second kappa shape index (κ2) is 8.28. The highest BCUT2D eigenvalue weighted by atomic mass is 19.1. The van der Waals surface area contributed by atoms with Crippen molar-refractivity contribution in [3.63, 3.8) is 0 Å². The summed E-state index contributed by atoms with van der Waals surface area (Å²) < 4.78 is 27.9. The zero-order valence-corrected chi connectivity index (χ0v) is 16.2. The summed E-state index contributed by atoms with van der Waals surface area (Å²) >= 11 is 0. The Morgan fingerprint density at radius 2 is 2.18 bits per heavy atom. The van der Waals surface area contributed by atoms with Crippen molar-refractivity contribution in [1.82, 2.24) is 20.5 Å². The number of hydrogen-bond donors (Lipinski definition) is 3. The molecule has 0 bridgehead atoms. The van der Waals surface area contributed by atoms with Crippen LogP contribution in [-0.4, -0.2) is 38.0 Å². The first-order valence-electron chi connectivity index (χ1n) is 8.58. The summed E-state index contributed by atoms with van der Waals surface area (Å²) in [5.74, 6) is -2.47. The Balaban J connectivity index is 2.46. The summed E-state index contributed by atoms with van der Waals surface area (Å²) in [6.45, 7) is 10.5. The molecule has 0 aliphatic rings. The third-order valence-corrected chi connectivity index (χ3v) is 4.16. The Kier molecular flexibility index (Phi) is 6.27. The smallest absolute Gasteiger partial charge is 0.305 e. The van der Waals surface area contributed by atoms with E-state index >= 15 is 0 Å². The third kappa shape index (κ3) is 4.99. The van der Waals surface area contributed by atoms with Gasteiger partial charge in [0.1, 0.15) is 5.82 Å². The third-order valence-electron chi connectivity index (χ3n) is 4.16. The maximum absolute atomic E-state index is 14.4. The molecule has 3 N–H and O–H groups in total. The van der Waals surface area contributed by atoms with Crippen LogP contribution in [0.25, 0.3) is 11.0 Å². The molecule has 1 atom stereocenters. The lowest BCUT2D eigenvalue weighted by atomic mass is 9.85. The highest BCUT2D eigenvalue weighted by Crippen LogP contribution is 2.25. The molecule has 150 valence electrons. The number of rotatable bonds is 7. The largest absolute Gasteiger partial charge is 0.481 e. The fourth-order valence-corrected chi connectivity index (χ4v) is 2.54. The van der Waals surface area contributed by atoms with Crippen LogP contribution in [0.1, 0.15) is 39.8 Å². The van der Waals surface area contributed by atoms with E-state index in [0.29, 0.717) is 22.4 Å². The van der Waals surface area contributed by atoms with E-state index < -0.39 is 29.1 Å². The second-order valence-corrected chi connectivity index (χ2v) is 7.38. The van der Waals surface area contributed by atoms with Gasteiger partial charge >= 0.3 is 5.97 Å². The van der Waals surface area contributed by atoms with Crippen LogP contribution in [0.2, 0.25) is 0 Å². The number of H-pyrrole nitrogens is 1. The van der Waals surface area contributed by atoms with Crippen LogP contribution in [0.5, 0.6) is 0 Å². The molecule has 28 heavy (non-hydrogen) atoms. The van der Waals surface area contributed by atoms with Crippen molar-refractivity contribution >= 4 is 22.7 Å². The van der Waals surface area contributed by atoms with Gasteiger partial charge in [0.15, 0.2) is 17.3 Å². The maximum Gasteiger partial charge on any atom is 0.305 e. The molecule has 0 aromatic carbocycles. The number of pyridine rings is 1. The molecule has 0 spiro atoms. The van der Waals surface area contributed by atoms with E-state index in [0.717, 1.165) is 12.3 Å². The molecule has 2 heterocycles. The van der Waals surface area contributed by atoms with Crippen molar-refractivity contribution in [3.05, 3.63) is 48.1 Å². The van der Waals surface area contributed by atoms with Crippen molar-refractivity contribution in [3.8, 4) is 0 Å². The molecule has 0 saturated carbocycles. The molecule has 9 heteroatoms. The minimum absolute atomic E-state index is 0.166. The average molecular weight is 391 g/mol. The van der Waals surface area contributed by atoms with Gasteiger partial charge in [-0.2, -0.15) is 5.10 Å². The van der Waals surface area contributed by atoms with Gasteiger partial charge in [0.2, 0.25) is 0 Å². The molecular formula is C19H23F2N5O2. The van der Waals surface area contributed by atoms with E-state index in [9.17, 15) is 18.7 Å². The van der Waals surface area contributed by atoms with E-state index in [-0.39, 0.29) is 12.2 Å². The van der Waals surface area contributed by atoms with Crippen LogP contribution in [0.15, 0.2) is 41.6 Å². The van der Waals surface area contributed by atoms with Gasteiger partial charge in [-0.25, -0.2) is 18.8 Å². The van der Waals surface area contributed by atoms with E-state index in [2.05, 4.69) is 32.1 Å². The summed E-state index contributed by atoms with van der Waals surface area (Å²) in [4.78, 5) is 19.3. The van der Waals surface area contributed by atoms with Crippen molar-refractivity contribution in [2.75, 3.05) is 0 Å². The Bertz CT molecular complexity index is 957. The van der Waals surface area contributed by atoms with Gasteiger partial charge in [-0.3, -0.25) is 9.89 Å². The number of nitrogens with one attached hydrogen (secondary N) is 2. The zero-order valence-electron chi connectivity index (χ0n) is 16.2.